The number of methoxy groups -OCH3 is 1. The van der Waals surface area contributed by atoms with Crippen molar-refractivity contribution in [1.82, 2.24) is 5.32 Å². The SMILES string of the molecule is CCOC(=O)C(C)OC(=O)C1=C(C)NC(C)=C([N+](=O)[O-])C1c1ccc(F)c(F)c1OC. The maximum Gasteiger partial charge on any atom is 0.347 e. The van der Waals surface area contributed by atoms with Crippen molar-refractivity contribution in [1.29, 1.82) is 0 Å². The van der Waals surface area contributed by atoms with E-state index < -0.39 is 52.0 Å². The molecule has 1 heterocycles. The van der Waals surface area contributed by atoms with Gasteiger partial charge in [-0.2, -0.15) is 4.39 Å². The highest BCUT2D eigenvalue weighted by molar-refractivity contribution is 5.94. The number of hydrogen-bond donors (Lipinski definition) is 1. The van der Waals surface area contributed by atoms with Gasteiger partial charge in [-0.05, 0) is 33.8 Å². The lowest BCUT2D eigenvalue weighted by molar-refractivity contribution is -0.431. The summed E-state index contributed by atoms with van der Waals surface area (Å²) in [6.07, 6.45) is -1.30. The number of allylic oxidation sites excluding steroid dienone is 3. The molecule has 0 spiro atoms. The van der Waals surface area contributed by atoms with E-state index in [-0.39, 0.29) is 29.1 Å². The molecule has 1 N–H and O–H groups in total. The van der Waals surface area contributed by atoms with E-state index in [1.54, 1.807) is 6.92 Å². The molecule has 1 aromatic rings. The van der Waals surface area contributed by atoms with E-state index >= 15 is 0 Å². The number of esters is 2. The van der Waals surface area contributed by atoms with Gasteiger partial charge >= 0.3 is 11.9 Å². The predicted octanol–water partition coefficient (Wildman–Crippen LogP) is 2.94. The molecule has 0 fully saturated rings. The Morgan fingerprint density at radius 2 is 1.90 bits per heavy atom. The zero-order chi connectivity index (χ0) is 23.5. The van der Waals surface area contributed by atoms with Crippen LogP contribution in [0.3, 0.4) is 0 Å². The number of nitrogens with one attached hydrogen (secondary N) is 1. The molecule has 0 saturated heterocycles. The summed E-state index contributed by atoms with van der Waals surface area (Å²) in [5.74, 6) is -6.49. The Bertz CT molecular complexity index is 988. The first kappa shape index (κ1) is 23.8. The molecule has 1 aliphatic heterocycles. The normalized spacial score (nSPS) is 17.1. The van der Waals surface area contributed by atoms with Crippen molar-refractivity contribution in [3.63, 3.8) is 0 Å². The molecule has 0 bridgehead atoms. The van der Waals surface area contributed by atoms with Gasteiger partial charge in [-0.15, -0.1) is 0 Å². The number of nitrogens with zero attached hydrogens (tertiary/aromatic N) is 1. The van der Waals surface area contributed by atoms with Gasteiger partial charge in [0, 0.05) is 11.3 Å². The molecule has 0 aliphatic carbocycles. The third-order valence-electron chi connectivity index (χ3n) is 4.64. The minimum atomic E-state index is -1.46. The molecule has 11 heteroatoms. The number of ether oxygens (including phenoxy) is 3. The molecule has 2 atom stereocenters. The third-order valence-corrected chi connectivity index (χ3v) is 4.64. The summed E-state index contributed by atoms with van der Waals surface area (Å²) in [4.78, 5) is 35.9. The minimum absolute atomic E-state index is 0.0616. The van der Waals surface area contributed by atoms with Crippen LogP contribution in [0.2, 0.25) is 0 Å². The lowest BCUT2D eigenvalue weighted by atomic mass is 9.83. The van der Waals surface area contributed by atoms with Crippen LogP contribution in [0.5, 0.6) is 5.75 Å². The molecular formula is C20H22F2N2O7. The monoisotopic (exact) mass is 440 g/mol. The van der Waals surface area contributed by atoms with Crippen molar-refractivity contribution in [2.24, 2.45) is 0 Å². The number of carbonyl (C=O) groups excluding carboxylic acids is 2. The van der Waals surface area contributed by atoms with Gasteiger partial charge in [-0.25, -0.2) is 14.0 Å². The Kier molecular flexibility index (Phi) is 7.32. The van der Waals surface area contributed by atoms with E-state index in [4.69, 9.17) is 14.2 Å². The van der Waals surface area contributed by atoms with E-state index in [0.29, 0.717) is 0 Å². The second-order valence-electron chi connectivity index (χ2n) is 6.65. The number of carbonyl (C=O) groups is 2. The largest absolute Gasteiger partial charge is 0.493 e. The van der Waals surface area contributed by atoms with E-state index in [1.165, 1.54) is 20.8 Å². The molecule has 2 rings (SSSR count). The minimum Gasteiger partial charge on any atom is -0.493 e. The average Bonchev–Trinajstić information content (AvgIpc) is 2.68. The van der Waals surface area contributed by atoms with Crippen molar-refractivity contribution < 1.29 is 37.5 Å². The average molecular weight is 440 g/mol. The lowest BCUT2D eigenvalue weighted by Crippen LogP contribution is -2.34. The number of hydrogen-bond acceptors (Lipinski definition) is 8. The molecule has 1 aliphatic rings. The van der Waals surface area contributed by atoms with Crippen molar-refractivity contribution in [2.75, 3.05) is 13.7 Å². The number of nitro groups is 1. The van der Waals surface area contributed by atoms with Crippen LogP contribution in [0.15, 0.2) is 34.8 Å². The fraction of sp³-hybridized carbons (Fsp3) is 0.400. The fourth-order valence-corrected chi connectivity index (χ4v) is 3.31. The first-order chi connectivity index (χ1) is 14.5. The van der Waals surface area contributed by atoms with Crippen molar-refractivity contribution in [2.45, 2.75) is 39.7 Å². The van der Waals surface area contributed by atoms with Crippen LogP contribution < -0.4 is 10.1 Å². The molecule has 0 aromatic heterocycles. The summed E-state index contributed by atoms with van der Waals surface area (Å²) in [6.45, 7) is 5.79. The molecule has 168 valence electrons. The van der Waals surface area contributed by atoms with Crippen LogP contribution in [0.1, 0.15) is 39.2 Å². The summed E-state index contributed by atoms with van der Waals surface area (Å²) in [5.41, 5.74) is -0.609. The molecular weight excluding hydrogens is 418 g/mol. The van der Waals surface area contributed by atoms with E-state index in [2.05, 4.69) is 5.32 Å². The number of benzene rings is 1. The van der Waals surface area contributed by atoms with Crippen LogP contribution in [0.4, 0.5) is 8.78 Å². The van der Waals surface area contributed by atoms with Crippen molar-refractivity contribution in [3.05, 3.63) is 62.1 Å². The van der Waals surface area contributed by atoms with Gasteiger partial charge in [0.15, 0.2) is 17.7 Å². The summed E-state index contributed by atoms with van der Waals surface area (Å²) < 4.78 is 43.0. The Balaban J connectivity index is 2.65. The van der Waals surface area contributed by atoms with E-state index in [1.807, 2.05) is 0 Å². The van der Waals surface area contributed by atoms with Gasteiger partial charge in [-0.3, -0.25) is 10.1 Å². The Morgan fingerprint density at radius 1 is 1.26 bits per heavy atom. The molecule has 0 radical (unpaired) electrons. The number of dihydropyridines is 1. The highest BCUT2D eigenvalue weighted by atomic mass is 19.2. The van der Waals surface area contributed by atoms with Gasteiger partial charge < -0.3 is 19.5 Å². The Hall–Kier alpha value is -3.50. The van der Waals surface area contributed by atoms with Gasteiger partial charge in [0.1, 0.15) is 5.92 Å². The van der Waals surface area contributed by atoms with E-state index in [0.717, 1.165) is 19.2 Å². The topological polar surface area (TPSA) is 117 Å². The lowest BCUT2D eigenvalue weighted by Gasteiger charge is -2.28. The molecule has 0 saturated carbocycles. The van der Waals surface area contributed by atoms with Crippen molar-refractivity contribution in [3.8, 4) is 5.75 Å². The highest BCUT2D eigenvalue weighted by Gasteiger charge is 2.43. The van der Waals surface area contributed by atoms with Gasteiger partial charge in [0.2, 0.25) is 5.82 Å². The second kappa shape index (κ2) is 9.54. The molecule has 31 heavy (non-hydrogen) atoms. The van der Waals surface area contributed by atoms with Crippen molar-refractivity contribution >= 4 is 11.9 Å². The molecule has 0 amide bonds. The quantitative estimate of drug-likeness (QED) is 0.391. The zero-order valence-corrected chi connectivity index (χ0v) is 17.6. The maximum absolute atomic E-state index is 14.4. The van der Waals surface area contributed by atoms with Crippen LogP contribution >= 0.6 is 0 Å². The summed E-state index contributed by atoms with van der Waals surface area (Å²) in [5, 5.41) is 14.6. The van der Waals surface area contributed by atoms with Gasteiger partial charge in [0.25, 0.3) is 5.70 Å². The summed E-state index contributed by atoms with van der Waals surface area (Å²) in [7, 11) is 1.07. The Morgan fingerprint density at radius 3 is 2.45 bits per heavy atom. The van der Waals surface area contributed by atoms with Crippen LogP contribution in [0.25, 0.3) is 0 Å². The predicted molar refractivity (Wildman–Crippen MR) is 103 cm³/mol. The first-order valence-corrected chi connectivity index (χ1v) is 9.27. The zero-order valence-electron chi connectivity index (χ0n) is 17.6. The third kappa shape index (κ3) is 4.65. The smallest absolute Gasteiger partial charge is 0.347 e. The second-order valence-corrected chi connectivity index (χ2v) is 6.65. The molecule has 9 nitrogen and oxygen atoms in total. The van der Waals surface area contributed by atoms with Crippen LogP contribution in [0, 0.1) is 21.7 Å². The highest BCUT2D eigenvalue weighted by Crippen LogP contribution is 2.43. The van der Waals surface area contributed by atoms with Crippen LogP contribution in [-0.2, 0) is 19.1 Å². The summed E-state index contributed by atoms with van der Waals surface area (Å²) in [6, 6.07) is 1.88. The standard InChI is InChI=1S/C20H22F2N2O7/c1-6-30-19(25)11(4)31-20(26)14-9(2)23-10(3)17(24(27)28)15(14)12-7-8-13(21)16(22)18(12)29-5/h7-8,11,15,23H,6H2,1-5H3. The maximum atomic E-state index is 14.4. The first-order valence-electron chi connectivity index (χ1n) is 9.27. The summed E-state index contributed by atoms with van der Waals surface area (Å²) >= 11 is 0. The number of rotatable bonds is 7. The number of halogens is 2. The fourth-order valence-electron chi connectivity index (χ4n) is 3.31. The molecule has 2 unspecified atom stereocenters. The van der Waals surface area contributed by atoms with E-state index in [9.17, 15) is 28.5 Å². The molecule has 1 aromatic carbocycles. The Labute approximate surface area is 176 Å². The van der Waals surface area contributed by atoms with Gasteiger partial charge in [0.05, 0.1) is 29.9 Å². The van der Waals surface area contributed by atoms with Gasteiger partial charge in [-0.1, -0.05) is 6.07 Å². The van der Waals surface area contributed by atoms with Crippen LogP contribution in [-0.4, -0.2) is 36.7 Å².